The number of H-pyrrole nitrogens is 2. The number of fused-ring (bicyclic) bond motifs is 1. The largest absolute Gasteiger partial charge is 0.327 e. The van der Waals surface area contributed by atoms with Crippen LogP contribution in [0.25, 0.3) is 11.2 Å². The van der Waals surface area contributed by atoms with Gasteiger partial charge in [0.25, 0.3) is 5.56 Å². The second-order valence-corrected chi connectivity index (χ2v) is 5.01. The van der Waals surface area contributed by atoms with Crippen molar-refractivity contribution in [1.29, 1.82) is 0 Å². The maximum atomic E-state index is 11.6. The monoisotopic (exact) mass is 248 g/mol. The van der Waals surface area contributed by atoms with E-state index in [0.717, 1.165) is 6.54 Å². The van der Waals surface area contributed by atoms with E-state index in [0.29, 0.717) is 17.1 Å². The average Bonchev–Trinajstić information content (AvgIpc) is 2.74. The molecule has 0 amide bonds. The van der Waals surface area contributed by atoms with E-state index < -0.39 is 11.2 Å². The first-order chi connectivity index (χ1) is 8.74. The molecule has 3 rings (SSSR count). The molecule has 2 aromatic heterocycles. The minimum Gasteiger partial charge on any atom is -0.316 e. The number of imidazole rings is 1. The zero-order chi connectivity index (χ0) is 12.5. The van der Waals surface area contributed by atoms with Gasteiger partial charge in [-0.15, -0.1) is 0 Å². The fourth-order valence-corrected chi connectivity index (χ4v) is 2.77. The zero-order valence-electron chi connectivity index (χ0n) is 10.1. The molecule has 1 saturated carbocycles. The van der Waals surface area contributed by atoms with E-state index in [-0.39, 0.29) is 0 Å². The predicted octanol–water partition coefficient (Wildman–Crippen LogP) is 0.993. The number of hydrogen-bond donors (Lipinski definition) is 2. The van der Waals surface area contributed by atoms with Gasteiger partial charge in [0.05, 0.1) is 6.33 Å². The summed E-state index contributed by atoms with van der Waals surface area (Å²) in [5, 5.41) is 0. The topological polar surface area (TPSA) is 83.5 Å². The van der Waals surface area contributed by atoms with Crippen LogP contribution in [0.2, 0.25) is 0 Å². The molecule has 1 fully saturated rings. The van der Waals surface area contributed by atoms with Crippen molar-refractivity contribution in [1.82, 2.24) is 19.5 Å². The number of hydrogen-bond acceptors (Lipinski definition) is 3. The Morgan fingerprint density at radius 1 is 1.22 bits per heavy atom. The second kappa shape index (κ2) is 4.44. The van der Waals surface area contributed by atoms with Gasteiger partial charge < -0.3 is 4.57 Å². The molecular formula is C12H16N4O2. The predicted molar refractivity (Wildman–Crippen MR) is 67.5 cm³/mol. The molecule has 0 saturated heterocycles. The molecule has 0 radical (unpaired) electrons. The SMILES string of the molecule is O=c1[nH]c(=O)c2ncn(CC3CCCCC3)c2[nH]1. The molecule has 6 heteroatoms. The van der Waals surface area contributed by atoms with Crippen LogP contribution in [-0.2, 0) is 6.54 Å². The summed E-state index contributed by atoms with van der Waals surface area (Å²) >= 11 is 0. The highest BCUT2D eigenvalue weighted by Gasteiger charge is 2.16. The summed E-state index contributed by atoms with van der Waals surface area (Å²) in [7, 11) is 0. The van der Waals surface area contributed by atoms with Gasteiger partial charge in [0, 0.05) is 6.54 Å². The highest BCUT2D eigenvalue weighted by atomic mass is 16.2. The third-order valence-corrected chi connectivity index (χ3v) is 3.69. The Morgan fingerprint density at radius 2 is 2.00 bits per heavy atom. The Labute approximate surface area is 103 Å². The highest BCUT2D eigenvalue weighted by Crippen LogP contribution is 2.25. The first-order valence-electron chi connectivity index (χ1n) is 6.41. The number of rotatable bonds is 2. The summed E-state index contributed by atoms with van der Waals surface area (Å²) in [5.74, 6) is 0.624. The molecule has 2 heterocycles. The van der Waals surface area contributed by atoms with E-state index in [1.54, 1.807) is 6.33 Å². The molecule has 0 aliphatic heterocycles. The Hall–Kier alpha value is -1.85. The number of aromatic nitrogens is 4. The van der Waals surface area contributed by atoms with E-state index in [1.807, 2.05) is 4.57 Å². The fraction of sp³-hybridized carbons (Fsp3) is 0.583. The highest BCUT2D eigenvalue weighted by molar-refractivity contribution is 5.68. The first kappa shape index (κ1) is 11.3. The van der Waals surface area contributed by atoms with Crippen LogP contribution in [0.15, 0.2) is 15.9 Å². The molecule has 0 unspecified atom stereocenters. The molecule has 1 aliphatic carbocycles. The summed E-state index contributed by atoms with van der Waals surface area (Å²) in [6.07, 6.45) is 7.94. The molecule has 0 bridgehead atoms. The van der Waals surface area contributed by atoms with Crippen molar-refractivity contribution in [3.8, 4) is 0 Å². The van der Waals surface area contributed by atoms with Gasteiger partial charge >= 0.3 is 5.69 Å². The van der Waals surface area contributed by atoms with Gasteiger partial charge in [0.1, 0.15) is 5.65 Å². The fourth-order valence-electron chi connectivity index (χ4n) is 2.77. The van der Waals surface area contributed by atoms with Crippen molar-refractivity contribution in [2.45, 2.75) is 38.6 Å². The van der Waals surface area contributed by atoms with Gasteiger partial charge in [0.2, 0.25) is 0 Å². The minimum atomic E-state index is -0.474. The van der Waals surface area contributed by atoms with Gasteiger partial charge in [-0.05, 0) is 18.8 Å². The summed E-state index contributed by atoms with van der Waals surface area (Å²) in [4.78, 5) is 31.8. The standard InChI is InChI=1S/C12H16N4O2/c17-11-9-10(14-12(18)15-11)16(7-13-9)6-8-4-2-1-3-5-8/h7-8H,1-6H2,(H2,14,15,17,18). The molecule has 96 valence electrons. The van der Waals surface area contributed by atoms with Crippen molar-refractivity contribution in [3.63, 3.8) is 0 Å². The smallest absolute Gasteiger partial charge is 0.316 e. The van der Waals surface area contributed by atoms with E-state index in [2.05, 4.69) is 15.0 Å². The number of nitrogens with one attached hydrogen (secondary N) is 2. The zero-order valence-corrected chi connectivity index (χ0v) is 10.1. The van der Waals surface area contributed by atoms with Crippen LogP contribution >= 0.6 is 0 Å². The van der Waals surface area contributed by atoms with Gasteiger partial charge in [-0.3, -0.25) is 14.8 Å². The Balaban J connectivity index is 1.97. The average molecular weight is 248 g/mol. The van der Waals surface area contributed by atoms with Crippen LogP contribution in [0, 0.1) is 5.92 Å². The third-order valence-electron chi connectivity index (χ3n) is 3.69. The molecule has 0 spiro atoms. The summed E-state index contributed by atoms with van der Waals surface area (Å²) in [6.45, 7) is 0.829. The second-order valence-electron chi connectivity index (χ2n) is 5.01. The Kier molecular flexibility index (Phi) is 2.77. The van der Waals surface area contributed by atoms with Crippen LogP contribution in [0.5, 0.6) is 0 Å². The molecule has 0 atom stereocenters. The molecule has 6 nitrogen and oxygen atoms in total. The van der Waals surface area contributed by atoms with Crippen LogP contribution in [0.3, 0.4) is 0 Å². The van der Waals surface area contributed by atoms with Crippen LogP contribution < -0.4 is 11.2 Å². The van der Waals surface area contributed by atoms with Gasteiger partial charge in [0.15, 0.2) is 5.52 Å². The molecule has 18 heavy (non-hydrogen) atoms. The maximum absolute atomic E-state index is 11.6. The lowest BCUT2D eigenvalue weighted by Crippen LogP contribution is -2.23. The Bertz CT molecular complexity index is 661. The van der Waals surface area contributed by atoms with E-state index >= 15 is 0 Å². The maximum Gasteiger partial charge on any atom is 0.327 e. The summed E-state index contributed by atoms with van der Waals surface area (Å²) in [6, 6.07) is 0. The van der Waals surface area contributed by atoms with Crippen LogP contribution in [-0.4, -0.2) is 19.5 Å². The number of nitrogens with zero attached hydrogens (tertiary/aromatic N) is 2. The van der Waals surface area contributed by atoms with Crippen molar-refractivity contribution >= 4 is 11.2 Å². The van der Waals surface area contributed by atoms with Gasteiger partial charge in [-0.1, -0.05) is 19.3 Å². The summed E-state index contributed by atoms with van der Waals surface area (Å²) in [5.41, 5.74) is -0.0474. The van der Waals surface area contributed by atoms with Crippen LogP contribution in [0.4, 0.5) is 0 Å². The van der Waals surface area contributed by atoms with Crippen molar-refractivity contribution in [2.24, 2.45) is 5.92 Å². The van der Waals surface area contributed by atoms with Crippen molar-refractivity contribution in [3.05, 3.63) is 27.2 Å². The number of aromatic amines is 2. The van der Waals surface area contributed by atoms with E-state index in [9.17, 15) is 9.59 Å². The van der Waals surface area contributed by atoms with E-state index in [4.69, 9.17) is 0 Å². The lowest BCUT2D eigenvalue weighted by Gasteiger charge is -2.21. The van der Waals surface area contributed by atoms with Gasteiger partial charge in [-0.2, -0.15) is 0 Å². The molecule has 1 aliphatic rings. The van der Waals surface area contributed by atoms with E-state index in [1.165, 1.54) is 32.1 Å². The van der Waals surface area contributed by atoms with Gasteiger partial charge in [-0.25, -0.2) is 9.78 Å². The minimum absolute atomic E-state index is 0.311. The summed E-state index contributed by atoms with van der Waals surface area (Å²) < 4.78 is 1.89. The molecule has 2 N–H and O–H groups in total. The quantitative estimate of drug-likeness (QED) is 0.831. The molecule has 2 aromatic rings. The molecule has 0 aromatic carbocycles. The van der Waals surface area contributed by atoms with Crippen molar-refractivity contribution < 1.29 is 0 Å². The molecular weight excluding hydrogens is 232 g/mol. The lowest BCUT2D eigenvalue weighted by atomic mass is 9.89. The lowest BCUT2D eigenvalue weighted by molar-refractivity contribution is 0.321. The van der Waals surface area contributed by atoms with Crippen LogP contribution in [0.1, 0.15) is 32.1 Å². The third kappa shape index (κ3) is 1.98. The first-order valence-corrected chi connectivity index (χ1v) is 6.41. The normalized spacial score (nSPS) is 17.3. The Morgan fingerprint density at radius 3 is 2.78 bits per heavy atom. The van der Waals surface area contributed by atoms with Crippen molar-refractivity contribution in [2.75, 3.05) is 0 Å².